The standard InChI is InChI=1S/C15H16FNO2/c1-10(2)19-12-5-3-4-11(8-12)15(18)13-6-7-17-9-14(13)16/h3-10,15,18H,1-2H3. The third-order valence-corrected chi connectivity index (χ3v) is 2.64. The van der Waals surface area contributed by atoms with Crippen molar-refractivity contribution >= 4 is 0 Å². The van der Waals surface area contributed by atoms with Gasteiger partial charge in [-0.15, -0.1) is 0 Å². The molecule has 0 radical (unpaired) electrons. The van der Waals surface area contributed by atoms with Crippen LogP contribution >= 0.6 is 0 Å². The van der Waals surface area contributed by atoms with Crippen LogP contribution in [0.15, 0.2) is 42.7 Å². The Morgan fingerprint density at radius 3 is 2.74 bits per heavy atom. The monoisotopic (exact) mass is 261 g/mol. The average molecular weight is 261 g/mol. The molecule has 1 atom stereocenters. The Morgan fingerprint density at radius 1 is 1.26 bits per heavy atom. The maximum atomic E-state index is 13.6. The minimum absolute atomic E-state index is 0.0463. The molecule has 0 bridgehead atoms. The van der Waals surface area contributed by atoms with Crippen LogP contribution in [0.2, 0.25) is 0 Å². The van der Waals surface area contributed by atoms with Gasteiger partial charge >= 0.3 is 0 Å². The van der Waals surface area contributed by atoms with Crippen molar-refractivity contribution in [2.45, 2.75) is 26.1 Å². The molecule has 0 aliphatic heterocycles. The minimum Gasteiger partial charge on any atom is -0.491 e. The molecule has 4 heteroatoms. The van der Waals surface area contributed by atoms with Crippen molar-refractivity contribution in [3.8, 4) is 5.75 Å². The van der Waals surface area contributed by atoms with Gasteiger partial charge in [0.05, 0.1) is 12.3 Å². The number of halogens is 1. The summed E-state index contributed by atoms with van der Waals surface area (Å²) in [7, 11) is 0. The molecule has 2 aromatic rings. The Balaban J connectivity index is 2.29. The highest BCUT2D eigenvalue weighted by Gasteiger charge is 2.15. The maximum Gasteiger partial charge on any atom is 0.147 e. The molecule has 0 saturated heterocycles. The molecule has 0 aliphatic rings. The lowest BCUT2D eigenvalue weighted by Crippen LogP contribution is -2.07. The van der Waals surface area contributed by atoms with Gasteiger partial charge in [-0.05, 0) is 37.6 Å². The molecule has 0 fully saturated rings. The first-order valence-corrected chi connectivity index (χ1v) is 6.12. The van der Waals surface area contributed by atoms with Crippen molar-refractivity contribution in [1.82, 2.24) is 4.98 Å². The van der Waals surface area contributed by atoms with E-state index in [4.69, 9.17) is 4.74 Å². The number of ether oxygens (including phenoxy) is 1. The van der Waals surface area contributed by atoms with E-state index in [0.29, 0.717) is 11.3 Å². The summed E-state index contributed by atoms with van der Waals surface area (Å²) in [6, 6.07) is 8.49. The van der Waals surface area contributed by atoms with E-state index in [1.54, 1.807) is 24.3 Å². The zero-order valence-corrected chi connectivity index (χ0v) is 10.9. The van der Waals surface area contributed by atoms with E-state index in [9.17, 15) is 9.50 Å². The SMILES string of the molecule is CC(C)Oc1cccc(C(O)c2ccncc2F)c1. The predicted molar refractivity (Wildman–Crippen MR) is 70.5 cm³/mol. The lowest BCUT2D eigenvalue weighted by atomic mass is 10.0. The molecular formula is C15H16FNO2. The lowest BCUT2D eigenvalue weighted by molar-refractivity contribution is 0.211. The molecule has 0 amide bonds. The first-order valence-electron chi connectivity index (χ1n) is 6.12. The smallest absolute Gasteiger partial charge is 0.147 e. The summed E-state index contributed by atoms with van der Waals surface area (Å²) in [4.78, 5) is 3.67. The molecule has 3 nitrogen and oxygen atoms in total. The second-order valence-electron chi connectivity index (χ2n) is 4.54. The fourth-order valence-corrected chi connectivity index (χ4v) is 1.82. The van der Waals surface area contributed by atoms with Crippen LogP contribution in [0.1, 0.15) is 31.1 Å². The Hall–Kier alpha value is -1.94. The Morgan fingerprint density at radius 2 is 2.05 bits per heavy atom. The minimum atomic E-state index is -1.03. The molecular weight excluding hydrogens is 245 g/mol. The van der Waals surface area contributed by atoms with E-state index in [1.807, 2.05) is 13.8 Å². The van der Waals surface area contributed by atoms with Gasteiger partial charge in [-0.1, -0.05) is 12.1 Å². The molecule has 2 rings (SSSR count). The van der Waals surface area contributed by atoms with Crippen LogP contribution < -0.4 is 4.74 Å². The molecule has 19 heavy (non-hydrogen) atoms. The van der Waals surface area contributed by atoms with Crippen LogP contribution in [0.3, 0.4) is 0 Å². The average Bonchev–Trinajstić information content (AvgIpc) is 2.38. The summed E-state index contributed by atoms with van der Waals surface area (Å²) < 4.78 is 19.1. The topological polar surface area (TPSA) is 42.4 Å². The molecule has 1 aromatic heterocycles. The van der Waals surface area contributed by atoms with Crippen LogP contribution in [0.25, 0.3) is 0 Å². The van der Waals surface area contributed by atoms with E-state index >= 15 is 0 Å². The lowest BCUT2D eigenvalue weighted by Gasteiger charge is -2.15. The number of hydrogen-bond donors (Lipinski definition) is 1. The van der Waals surface area contributed by atoms with E-state index in [-0.39, 0.29) is 11.7 Å². The second-order valence-corrected chi connectivity index (χ2v) is 4.54. The van der Waals surface area contributed by atoms with Crippen molar-refractivity contribution in [2.75, 3.05) is 0 Å². The normalized spacial score (nSPS) is 12.5. The molecule has 0 spiro atoms. The highest BCUT2D eigenvalue weighted by atomic mass is 19.1. The molecule has 100 valence electrons. The quantitative estimate of drug-likeness (QED) is 0.919. The first-order chi connectivity index (χ1) is 9.08. The van der Waals surface area contributed by atoms with Crippen LogP contribution in [0, 0.1) is 5.82 Å². The Kier molecular flexibility index (Phi) is 4.12. The van der Waals surface area contributed by atoms with Crippen molar-refractivity contribution in [3.05, 3.63) is 59.7 Å². The van der Waals surface area contributed by atoms with Crippen LogP contribution in [0.5, 0.6) is 5.75 Å². The van der Waals surface area contributed by atoms with E-state index in [1.165, 1.54) is 12.3 Å². The summed E-state index contributed by atoms with van der Waals surface area (Å²) >= 11 is 0. The number of aromatic nitrogens is 1. The van der Waals surface area contributed by atoms with Gasteiger partial charge in [-0.3, -0.25) is 4.98 Å². The fraction of sp³-hybridized carbons (Fsp3) is 0.267. The van der Waals surface area contributed by atoms with Crippen LogP contribution in [-0.4, -0.2) is 16.2 Å². The van der Waals surface area contributed by atoms with Gasteiger partial charge in [0.1, 0.15) is 17.7 Å². The summed E-state index contributed by atoms with van der Waals surface area (Å²) in [6.45, 7) is 3.84. The fourth-order valence-electron chi connectivity index (χ4n) is 1.82. The number of aliphatic hydroxyl groups excluding tert-OH is 1. The number of benzene rings is 1. The van der Waals surface area contributed by atoms with Gasteiger partial charge in [0.15, 0.2) is 0 Å². The Labute approximate surface area is 111 Å². The molecule has 0 saturated carbocycles. The van der Waals surface area contributed by atoms with E-state index in [2.05, 4.69) is 4.98 Å². The largest absolute Gasteiger partial charge is 0.491 e. The van der Waals surface area contributed by atoms with Gasteiger partial charge in [-0.25, -0.2) is 4.39 Å². The van der Waals surface area contributed by atoms with E-state index < -0.39 is 11.9 Å². The maximum absolute atomic E-state index is 13.6. The predicted octanol–water partition coefficient (Wildman–Crippen LogP) is 3.09. The Bertz CT molecular complexity index is 557. The first kappa shape index (κ1) is 13.5. The number of nitrogens with zero attached hydrogens (tertiary/aromatic N) is 1. The summed E-state index contributed by atoms with van der Waals surface area (Å²) in [5.41, 5.74) is 0.792. The zero-order valence-electron chi connectivity index (χ0n) is 10.9. The van der Waals surface area contributed by atoms with Crippen molar-refractivity contribution in [2.24, 2.45) is 0 Å². The highest BCUT2D eigenvalue weighted by Crippen LogP contribution is 2.26. The summed E-state index contributed by atoms with van der Waals surface area (Å²) in [5.74, 6) is 0.131. The van der Waals surface area contributed by atoms with Gasteiger partial charge in [-0.2, -0.15) is 0 Å². The zero-order chi connectivity index (χ0) is 13.8. The second kappa shape index (κ2) is 5.80. The van der Waals surface area contributed by atoms with Gasteiger partial charge in [0.2, 0.25) is 0 Å². The van der Waals surface area contributed by atoms with Crippen LogP contribution in [-0.2, 0) is 0 Å². The molecule has 1 N–H and O–H groups in total. The van der Waals surface area contributed by atoms with Gasteiger partial charge in [0.25, 0.3) is 0 Å². The number of pyridine rings is 1. The molecule has 1 heterocycles. The van der Waals surface area contributed by atoms with E-state index in [0.717, 1.165) is 6.20 Å². The summed E-state index contributed by atoms with van der Waals surface area (Å²) in [5, 5.41) is 10.2. The van der Waals surface area contributed by atoms with Crippen molar-refractivity contribution in [3.63, 3.8) is 0 Å². The molecule has 1 unspecified atom stereocenters. The molecule has 1 aromatic carbocycles. The number of aliphatic hydroxyl groups is 1. The number of hydrogen-bond acceptors (Lipinski definition) is 3. The van der Waals surface area contributed by atoms with Gasteiger partial charge < -0.3 is 9.84 Å². The van der Waals surface area contributed by atoms with Crippen LogP contribution in [0.4, 0.5) is 4.39 Å². The van der Waals surface area contributed by atoms with Crippen molar-refractivity contribution in [1.29, 1.82) is 0 Å². The molecule has 0 aliphatic carbocycles. The van der Waals surface area contributed by atoms with Gasteiger partial charge in [0, 0.05) is 11.8 Å². The number of rotatable bonds is 4. The highest BCUT2D eigenvalue weighted by molar-refractivity contribution is 5.35. The summed E-state index contributed by atoms with van der Waals surface area (Å²) in [6.07, 6.45) is 1.56. The third kappa shape index (κ3) is 3.29. The third-order valence-electron chi connectivity index (χ3n) is 2.64. The van der Waals surface area contributed by atoms with Crippen molar-refractivity contribution < 1.29 is 14.2 Å².